The maximum absolute atomic E-state index is 9.29. The van der Waals surface area contributed by atoms with Gasteiger partial charge in [-0.25, -0.2) is 0 Å². The second-order valence-corrected chi connectivity index (χ2v) is 3.31. The van der Waals surface area contributed by atoms with E-state index in [0.29, 0.717) is 6.42 Å². The van der Waals surface area contributed by atoms with E-state index in [4.69, 9.17) is 4.74 Å². The first-order valence-electron chi connectivity index (χ1n) is 4.45. The van der Waals surface area contributed by atoms with Gasteiger partial charge in [-0.2, -0.15) is 0 Å². The smallest absolute Gasteiger partial charge is 0.122 e. The molecular formula is C11H16O2. The first-order chi connectivity index (χ1) is 6.15. The summed E-state index contributed by atoms with van der Waals surface area (Å²) < 4.78 is 5.22. The number of hydrogen-bond acceptors (Lipinski definition) is 2. The van der Waals surface area contributed by atoms with E-state index in [0.717, 1.165) is 11.3 Å². The van der Waals surface area contributed by atoms with E-state index in [1.54, 1.807) is 14.0 Å². The van der Waals surface area contributed by atoms with Crippen LogP contribution in [0.5, 0.6) is 5.75 Å². The van der Waals surface area contributed by atoms with Crippen LogP contribution in [0.1, 0.15) is 18.1 Å². The van der Waals surface area contributed by atoms with Gasteiger partial charge in [0, 0.05) is 6.42 Å². The van der Waals surface area contributed by atoms with E-state index in [2.05, 4.69) is 0 Å². The normalized spacial score (nSPS) is 12.6. The van der Waals surface area contributed by atoms with Crippen molar-refractivity contribution in [1.29, 1.82) is 0 Å². The minimum Gasteiger partial charge on any atom is -0.496 e. The summed E-state index contributed by atoms with van der Waals surface area (Å²) in [6.45, 7) is 3.81. The largest absolute Gasteiger partial charge is 0.496 e. The second-order valence-electron chi connectivity index (χ2n) is 3.31. The number of rotatable bonds is 3. The molecule has 0 aliphatic carbocycles. The molecule has 1 atom stereocenters. The van der Waals surface area contributed by atoms with Crippen molar-refractivity contribution in [2.45, 2.75) is 26.4 Å². The van der Waals surface area contributed by atoms with Gasteiger partial charge in [-0.1, -0.05) is 12.1 Å². The molecule has 72 valence electrons. The van der Waals surface area contributed by atoms with E-state index in [-0.39, 0.29) is 6.10 Å². The van der Waals surface area contributed by atoms with Crippen LogP contribution in [0.4, 0.5) is 0 Å². The molecule has 0 heterocycles. The van der Waals surface area contributed by atoms with Crippen molar-refractivity contribution in [2.24, 2.45) is 0 Å². The SMILES string of the molecule is COc1cccc(C)c1C[C@@H](C)O. The number of hydrogen-bond donors (Lipinski definition) is 1. The Labute approximate surface area is 79.2 Å². The minimum absolute atomic E-state index is 0.324. The topological polar surface area (TPSA) is 29.5 Å². The molecule has 0 saturated heterocycles. The van der Waals surface area contributed by atoms with Crippen molar-refractivity contribution in [3.8, 4) is 5.75 Å². The molecule has 2 nitrogen and oxygen atoms in total. The Morgan fingerprint density at radius 2 is 2.15 bits per heavy atom. The Morgan fingerprint density at radius 1 is 1.46 bits per heavy atom. The number of methoxy groups -OCH3 is 1. The predicted octanol–water partition coefficient (Wildman–Crippen LogP) is 1.93. The fourth-order valence-corrected chi connectivity index (χ4v) is 1.42. The van der Waals surface area contributed by atoms with Gasteiger partial charge in [0.2, 0.25) is 0 Å². The van der Waals surface area contributed by atoms with Gasteiger partial charge in [0.15, 0.2) is 0 Å². The highest BCUT2D eigenvalue weighted by atomic mass is 16.5. The van der Waals surface area contributed by atoms with Crippen LogP contribution in [0.3, 0.4) is 0 Å². The van der Waals surface area contributed by atoms with Crippen molar-refractivity contribution in [3.63, 3.8) is 0 Å². The van der Waals surface area contributed by atoms with Gasteiger partial charge >= 0.3 is 0 Å². The molecule has 1 N–H and O–H groups in total. The van der Waals surface area contributed by atoms with Crippen molar-refractivity contribution >= 4 is 0 Å². The molecule has 0 radical (unpaired) electrons. The Bertz CT molecular complexity index is 279. The summed E-state index contributed by atoms with van der Waals surface area (Å²) in [6.07, 6.45) is 0.325. The van der Waals surface area contributed by atoms with Crippen LogP contribution in [-0.2, 0) is 6.42 Å². The third kappa shape index (κ3) is 2.46. The van der Waals surface area contributed by atoms with Gasteiger partial charge < -0.3 is 9.84 Å². The van der Waals surface area contributed by atoms with Crippen molar-refractivity contribution in [2.75, 3.05) is 7.11 Å². The Balaban J connectivity index is 3.00. The van der Waals surface area contributed by atoms with Crippen LogP contribution in [0.15, 0.2) is 18.2 Å². The van der Waals surface area contributed by atoms with Crippen LogP contribution >= 0.6 is 0 Å². The van der Waals surface area contributed by atoms with Gasteiger partial charge in [0.25, 0.3) is 0 Å². The van der Waals surface area contributed by atoms with Gasteiger partial charge in [-0.05, 0) is 31.0 Å². The molecule has 1 aromatic carbocycles. The van der Waals surface area contributed by atoms with Gasteiger partial charge in [0.05, 0.1) is 13.2 Å². The summed E-state index contributed by atoms with van der Waals surface area (Å²) >= 11 is 0. The van der Waals surface area contributed by atoms with Crippen LogP contribution in [0, 0.1) is 6.92 Å². The van der Waals surface area contributed by atoms with E-state index < -0.39 is 0 Å². The monoisotopic (exact) mass is 180 g/mol. The lowest BCUT2D eigenvalue weighted by Gasteiger charge is -2.12. The Hall–Kier alpha value is -1.02. The molecular weight excluding hydrogens is 164 g/mol. The lowest BCUT2D eigenvalue weighted by atomic mass is 10.0. The average Bonchev–Trinajstić information content (AvgIpc) is 2.08. The molecule has 0 bridgehead atoms. The molecule has 0 saturated carbocycles. The number of aryl methyl sites for hydroxylation is 1. The third-order valence-electron chi connectivity index (χ3n) is 2.09. The van der Waals surface area contributed by atoms with E-state index in [1.165, 1.54) is 5.56 Å². The van der Waals surface area contributed by atoms with Crippen LogP contribution in [0.2, 0.25) is 0 Å². The second kappa shape index (κ2) is 4.28. The zero-order valence-electron chi connectivity index (χ0n) is 8.37. The Morgan fingerprint density at radius 3 is 2.69 bits per heavy atom. The molecule has 0 spiro atoms. The summed E-state index contributed by atoms with van der Waals surface area (Å²) in [5, 5.41) is 9.29. The van der Waals surface area contributed by atoms with Crippen LogP contribution in [0.25, 0.3) is 0 Å². The van der Waals surface area contributed by atoms with Crippen LogP contribution in [-0.4, -0.2) is 18.3 Å². The Kier molecular flexibility index (Phi) is 3.32. The molecule has 1 aromatic rings. The van der Waals surface area contributed by atoms with E-state index in [9.17, 15) is 5.11 Å². The fourth-order valence-electron chi connectivity index (χ4n) is 1.42. The molecule has 13 heavy (non-hydrogen) atoms. The molecule has 0 aromatic heterocycles. The first-order valence-corrected chi connectivity index (χ1v) is 4.45. The van der Waals surface area contributed by atoms with Crippen molar-refractivity contribution < 1.29 is 9.84 Å². The van der Waals surface area contributed by atoms with Crippen LogP contribution < -0.4 is 4.74 Å². The molecule has 0 unspecified atom stereocenters. The first kappa shape index (κ1) is 10.1. The standard InChI is InChI=1S/C11H16O2/c1-8-5-4-6-11(13-3)10(8)7-9(2)12/h4-6,9,12H,7H2,1-3H3/t9-/m1/s1. The zero-order valence-corrected chi connectivity index (χ0v) is 8.37. The summed E-state index contributed by atoms with van der Waals surface area (Å²) in [6, 6.07) is 5.91. The summed E-state index contributed by atoms with van der Waals surface area (Å²) in [7, 11) is 1.65. The number of aliphatic hydroxyl groups is 1. The molecule has 1 rings (SSSR count). The zero-order chi connectivity index (χ0) is 9.84. The van der Waals surface area contributed by atoms with Gasteiger partial charge in [-0.15, -0.1) is 0 Å². The molecule has 0 fully saturated rings. The summed E-state index contributed by atoms with van der Waals surface area (Å²) in [5.41, 5.74) is 2.26. The molecule has 0 aliphatic heterocycles. The quantitative estimate of drug-likeness (QED) is 0.770. The summed E-state index contributed by atoms with van der Waals surface area (Å²) in [4.78, 5) is 0. The van der Waals surface area contributed by atoms with Gasteiger partial charge in [-0.3, -0.25) is 0 Å². The lowest BCUT2D eigenvalue weighted by molar-refractivity contribution is 0.194. The maximum Gasteiger partial charge on any atom is 0.122 e. The third-order valence-corrected chi connectivity index (χ3v) is 2.09. The van der Waals surface area contributed by atoms with Crippen molar-refractivity contribution in [3.05, 3.63) is 29.3 Å². The molecule has 0 aliphatic rings. The van der Waals surface area contributed by atoms with Crippen molar-refractivity contribution in [1.82, 2.24) is 0 Å². The van der Waals surface area contributed by atoms with E-state index >= 15 is 0 Å². The highest BCUT2D eigenvalue weighted by Gasteiger charge is 2.07. The number of ether oxygens (including phenoxy) is 1. The average molecular weight is 180 g/mol. The lowest BCUT2D eigenvalue weighted by Crippen LogP contribution is -2.07. The summed E-state index contributed by atoms with van der Waals surface area (Å²) in [5.74, 6) is 0.862. The number of aliphatic hydroxyl groups excluding tert-OH is 1. The minimum atomic E-state index is -0.324. The van der Waals surface area contributed by atoms with E-state index in [1.807, 2.05) is 25.1 Å². The highest BCUT2D eigenvalue weighted by molar-refractivity contribution is 5.39. The predicted molar refractivity (Wildman–Crippen MR) is 53.1 cm³/mol. The fraction of sp³-hybridized carbons (Fsp3) is 0.455. The van der Waals surface area contributed by atoms with Gasteiger partial charge in [0.1, 0.15) is 5.75 Å². The number of benzene rings is 1. The molecule has 0 amide bonds. The molecule has 2 heteroatoms. The highest BCUT2D eigenvalue weighted by Crippen LogP contribution is 2.22. The maximum atomic E-state index is 9.29.